The molecule has 0 unspecified atom stereocenters. The highest BCUT2D eigenvalue weighted by Gasteiger charge is 2.57. The van der Waals surface area contributed by atoms with Gasteiger partial charge in [-0.15, -0.1) is 0 Å². The Hall–Kier alpha value is -8.16. The molecule has 4 aromatic carbocycles. The number of carbonyl (C=O) groups excluding carboxylic acids is 8. The maximum absolute atomic E-state index is 13.0. The fourth-order valence-electron chi connectivity index (χ4n) is 13.3. The van der Waals surface area contributed by atoms with Crippen molar-refractivity contribution in [3.8, 4) is 0 Å². The largest absolute Gasteiger partial charge is 0.550 e. The van der Waals surface area contributed by atoms with Crippen LogP contribution in [0.25, 0.3) is 0 Å². The first-order chi connectivity index (χ1) is 41.2. The molecule has 8 rings (SSSR count). The number of hydrogen-bond donors (Lipinski definition) is 0. The Morgan fingerprint density at radius 3 is 0.624 bits per heavy atom. The molecule has 0 atom stereocenters. The van der Waals surface area contributed by atoms with Gasteiger partial charge in [0.2, 0.25) is 0 Å². The van der Waals surface area contributed by atoms with Crippen LogP contribution in [0.1, 0.15) is 194 Å². The number of ether oxygens (including phenoxy) is 4. The summed E-state index contributed by atoms with van der Waals surface area (Å²) >= 11 is 0. The third-order valence-electron chi connectivity index (χ3n) is 17.7. The van der Waals surface area contributed by atoms with Gasteiger partial charge < -0.3 is 18.9 Å². The first kappa shape index (κ1) is 62.9. The van der Waals surface area contributed by atoms with Gasteiger partial charge in [-0.1, -0.05) is 76.2 Å². The molecule has 0 bridgehead atoms. The molecular weight excluding hydrogens is 1100 g/mol. The highest BCUT2D eigenvalue weighted by atomic mass is 17.3. The lowest BCUT2D eigenvalue weighted by Crippen LogP contribution is -2.54. The minimum absolute atomic E-state index is 0.0574. The van der Waals surface area contributed by atoms with Crippen molar-refractivity contribution in [2.45, 2.75) is 181 Å². The number of aryl methyl sites for hydroxylation is 4. The Labute approximate surface area is 494 Å². The third-order valence-corrected chi connectivity index (χ3v) is 17.7. The molecule has 20 nitrogen and oxygen atoms in total. The fraction of sp³-hybridized carbons (Fsp3) is 0.508. The molecule has 4 aromatic rings. The molecule has 0 spiro atoms. The predicted octanol–water partition coefficient (Wildman–Crippen LogP) is 14.2. The van der Waals surface area contributed by atoms with E-state index in [4.69, 9.17) is 58.0 Å². The second-order valence-electron chi connectivity index (χ2n) is 22.4. The van der Waals surface area contributed by atoms with Gasteiger partial charge in [-0.05, 0) is 228 Å². The lowest BCUT2D eigenvalue weighted by Gasteiger charge is -2.60. The van der Waals surface area contributed by atoms with Crippen LogP contribution in [0.3, 0.4) is 0 Å². The summed E-state index contributed by atoms with van der Waals surface area (Å²) in [7, 11) is 0. The van der Waals surface area contributed by atoms with Gasteiger partial charge in [-0.2, -0.15) is 19.2 Å². The monoisotopic (exact) mass is 1180 g/mol. The van der Waals surface area contributed by atoms with Crippen LogP contribution in [0.2, 0.25) is 0 Å². The minimum Gasteiger partial charge on any atom is -0.428 e. The highest BCUT2D eigenvalue weighted by molar-refractivity contribution is 5.91. The van der Waals surface area contributed by atoms with E-state index in [1.807, 2.05) is 27.7 Å². The summed E-state index contributed by atoms with van der Waals surface area (Å²) in [5, 5.41) is 0. The van der Waals surface area contributed by atoms with E-state index in [9.17, 15) is 38.4 Å². The van der Waals surface area contributed by atoms with Gasteiger partial charge >= 0.3 is 48.5 Å². The van der Waals surface area contributed by atoms with Gasteiger partial charge in [0, 0.05) is 0 Å². The molecule has 0 N–H and O–H groups in total. The summed E-state index contributed by atoms with van der Waals surface area (Å²) in [6.07, 6.45) is 5.24. The zero-order valence-corrected chi connectivity index (χ0v) is 48.7. The average molecular weight is 1180 g/mol. The minimum atomic E-state index is -1.14. The van der Waals surface area contributed by atoms with E-state index in [0.717, 1.165) is 47.9 Å². The fourth-order valence-corrected chi connectivity index (χ4v) is 13.3. The van der Waals surface area contributed by atoms with Crippen molar-refractivity contribution < 1.29 is 96.4 Å². The van der Waals surface area contributed by atoms with E-state index < -0.39 is 78.3 Å². The summed E-state index contributed by atoms with van der Waals surface area (Å²) in [6.45, 7) is 7.96. The molecule has 0 aliphatic heterocycles. The van der Waals surface area contributed by atoms with Gasteiger partial charge in [-0.25, -0.2) is 58.3 Å². The van der Waals surface area contributed by atoms with Gasteiger partial charge in [0.15, 0.2) is 0 Å². The predicted molar refractivity (Wildman–Crippen MR) is 301 cm³/mol. The van der Waals surface area contributed by atoms with Gasteiger partial charge in [-0.3, -0.25) is 0 Å². The molecule has 85 heavy (non-hydrogen) atoms. The molecule has 4 aliphatic carbocycles. The Morgan fingerprint density at radius 1 is 0.282 bits per heavy atom. The zero-order chi connectivity index (χ0) is 60.3. The number of hydrogen-bond acceptors (Lipinski definition) is 20. The van der Waals surface area contributed by atoms with Crippen LogP contribution in [-0.2, 0) is 83.7 Å². The second-order valence-corrected chi connectivity index (χ2v) is 22.4. The molecular formula is C65H76O20. The Morgan fingerprint density at radius 2 is 0.459 bits per heavy atom. The molecule has 0 heterocycles. The van der Waals surface area contributed by atoms with Crippen molar-refractivity contribution in [2.75, 3.05) is 0 Å². The first-order valence-corrected chi connectivity index (χ1v) is 29.9. The third kappa shape index (κ3) is 17.0. The molecule has 4 fully saturated rings. The second kappa shape index (κ2) is 30.6. The normalized spacial score (nSPS) is 22.7. The number of benzene rings is 4. The summed E-state index contributed by atoms with van der Waals surface area (Å²) in [5.74, 6) is -3.14. The van der Waals surface area contributed by atoms with E-state index >= 15 is 0 Å². The first-order valence-electron chi connectivity index (χ1n) is 29.9. The topological polar surface area (TPSA) is 247 Å². The molecule has 20 heteroatoms. The molecule has 0 radical (unpaired) electrons. The molecule has 4 saturated carbocycles. The van der Waals surface area contributed by atoms with Crippen LogP contribution in [0.4, 0.5) is 19.2 Å². The van der Waals surface area contributed by atoms with Gasteiger partial charge in [0.25, 0.3) is 0 Å². The maximum atomic E-state index is 13.0. The molecule has 0 amide bonds. The Balaban J connectivity index is 0.966. The number of rotatable bonds is 16. The lowest BCUT2D eigenvalue weighted by atomic mass is 9.45. The van der Waals surface area contributed by atoms with Crippen molar-refractivity contribution in [3.05, 3.63) is 142 Å². The summed E-state index contributed by atoms with van der Waals surface area (Å²) < 4.78 is 23.0. The van der Waals surface area contributed by atoms with Crippen LogP contribution in [0, 0.1) is 29.1 Å². The highest BCUT2D eigenvalue weighted by Crippen LogP contribution is 2.63. The molecule has 0 aromatic heterocycles. The summed E-state index contributed by atoms with van der Waals surface area (Å²) in [5.41, 5.74) is 4.52. The molecule has 0 saturated heterocycles. The van der Waals surface area contributed by atoms with Crippen LogP contribution in [-0.4, -0.2) is 72.9 Å². The maximum Gasteiger partial charge on any atom is 0.550 e. The van der Waals surface area contributed by atoms with Crippen LogP contribution in [0.5, 0.6) is 0 Å². The van der Waals surface area contributed by atoms with Crippen molar-refractivity contribution in [3.63, 3.8) is 0 Å². The number of carbonyl (C=O) groups is 8. The average Bonchev–Trinajstić information content (AvgIpc) is 1.66. The SMILES string of the molecule is CCc1ccc(C(=O)OOC(=O)OC2CCC(C(C3CCC(OC(=O)OOC(=O)c4ccc(CC)cc4)CC3)(C3CCC(OC(=O)OOC(=O)c4ccc(CC)cc4)CC3)C3CCC(OC(=O)OOC(=O)c4ccc(CC)cc4)CC3)CC2)cc1. The smallest absolute Gasteiger partial charge is 0.428 e. The van der Waals surface area contributed by atoms with Crippen molar-refractivity contribution >= 4 is 48.5 Å². The Kier molecular flexibility index (Phi) is 22.6. The van der Waals surface area contributed by atoms with E-state index in [1.165, 1.54) is 0 Å². The quantitative estimate of drug-likeness (QED) is 0.0438. The molecule has 4 aliphatic rings. The zero-order valence-electron chi connectivity index (χ0n) is 48.7. The Bertz CT molecular complexity index is 2480. The summed E-state index contributed by atoms with van der Waals surface area (Å²) in [6, 6.07) is 27.0. The van der Waals surface area contributed by atoms with Gasteiger partial charge in [0.05, 0.1) is 22.3 Å². The summed E-state index contributed by atoms with van der Waals surface area (Å²) in [4.78, 5) is 142. The van der Waals surface area contributed by atoms with Crippen molar-refractivity contribution in [2.24, 2.45) is 29.1 Å². The van der Waals surface area contributed by atoms with E-state index in [2.05, 4.69) is 0 Å². The molecule has 456 valence electrons. The van der Waals surface area contributed by atoms with Crippen molar-refractivity contribution in [1.82, 2.24) is 0 Å². The van der Waals surface area contributed by atoms with E-state index in [0.29, 0.717) is 103 Å². The van der Waals surface area contributed by atoms with Crippen LogP contribution in [0.15, 0.2) is 97.1 Å². The van der Waals surface area contributed by atoms with E-state index in [1.54, 1.807) is 97.1 Å². The van der Waals surface area contributed by atoms with E-state index in [-0.39, 0.29) is 45.9 Å². The standard InChI is InChI=1S/C65H76O20/c1-5-41-9-17-45(18-10-41)57(66)78-82-61(70)74-53-33-25-49(26-34-53)65(50-27-35-54(36-28-50)75-62(71)83-79-58(67)46-19-11-42(6-2)12-20-46,51-29-37-55(38-30-51)76-63(72)84-80-59(68)47-21-13-43(7-3)14-22-47)52-31-39-56(40-32-52)77-64(73)85-81-60(69)48-23-15-44(8-4)16-24-48/h9-24,49-56H,5-8,25-40H2,1-4H3. The lowest BCUT2D eigenvalue weighted by molar-refractivity contribution is -0.213. The van der Waals surface area contributed by atoms with Crippen LogP contribution < -0.4 is 0 Å². The van der Waals surface area contributed by atoms with Crippen molar-refractivity contribution in [1.29, 1.82) is 0 Å². The van der Waals surface area contributed by atoms with Gasteiger partial charge in [0.1, 0.15) is 24.4 Å². The van der Waals surface area contributed by atoms with Crippen LogP contribution >= 0.6 is 0 Å².